The lowest BCUT2D eigenvalue weighted by atomic mass is 10.1. The molecule has 0 aromatic heterocycles. The standard InChI is InChI=1S/C11H15FN2/c1-14(2)11-8-10(12)6-5-9(11)4-3-7-13/h3-6,8H,7,13H2,1-2H3/b4-3+. The summed E-state index contributed by atoms with van der Waals surface area (Å²) in [6.07, 6.45) is 3.75. The van der Waals surface area contributed by atoms with Crippen LogP contribution in [0.25, 0.3) is 6.08 Å². The Morgan fingerprint density at radius 3 is 2.71 bits per heavy atom. The fourth-order valence-electron chi connectivity index (χ4n) is 1.24. The van der Waals surface area contributed by atoms with E-state index < -0.39 is 0 Å². The van der Waals surface area contributed by atoms with Crippen molar-refractivity contribution >= 4 is 11.8 Å². The van der Waals surface area contributed by atoms with Gasteiger partial charge in [-0.3, -0.25) is 0 Å². The maximum Gasteiger partial charge on any atom is 0.125 e. The van der Waals surface area contributed by atoms with E-state index >= 15 is 0 Å². The molecule has 0 bridgehead atoms. The Morgan fingerprint density at radius 2 is 2.14 bits per heavy atom. The van der Waals surface area contributed by atoms with Crippen molar-refractivity contribution in [2.24, 2.45) is 5.73 Å². The summed E-state index contributed by atoms with van der Waals surface area (Å²) in [5, 5.41) is 0. The summed E-state index contributed by atoms with van der Waals surface area (Å²) in [6, 6.07) is 4.70. The van der Waals surface area contributed by atoms with Crippen molar-refractivity contribution in [2.45, 2.75) is 0 Å². The van der Waals surface area contributed by atoms with Crippen molar-refractivity contribution in [1.29, 1.82) is 0 Å². The number of anilines is 1. The zero-order chi connectivity index (χ0) is 10.6. The molecule has 1 rings (SSSR count). The van der Waals surface area contributed by atoms with Gasteiger partial charge in [0.15, 0.2) is 0 Å². The van der Waals surface area contributed by atoms with Crippen molar-refractivity contribution in [3.63, 3.8) is 0 Å². The molecule has 1 aromatic carbocycles. The Bertz CT molecular complexity index is 332. The molecule has 0 atom stereocenters. The molecule has 0 aliphatic carbocycles. The fraction of sp³-hybridized carbons (Fsp3) is 0.273. The Labute approximate surface area is 83.8 Å². The molecule has 2 N–H and O–H groups in total. The first-order valence-corrected chi connectivity index (χ1v) is 4.48. The zero-order valence-electron chi connectivity index (χ0n) is 8.50. The van der Waals surface area contributed by atoms with E-state index in [0.29, 0.717) is 6.54 Å². The van der Waals surface area contributed by atoms with Crippen LogP contribution in [0.1, 0.15) is 5.56 Å². The summed E-state index contributed by atoms with van der Waals surface area (Å²) < 4.78 is 13.0. The maximum absolute atomic E-state index is 13.0. The molecular weight excluding hydrogens is 179 g/mol. The first-order chi connectivity index (χ1) is 6.65. The van der Waals surface area contributed by atoms with Gasteiger partial charge in [0, 0.05) is 26.3 Å². The van der Waals surface area contributed by atoms with Crippen LogP contribution >= 0.6 is 0 Å². The number of halogens is 1. The molecule has 2 nitrogen and oxygen atoms in total. The first kappa shape index (κ1) is 10.7. The van der Waals surface area contributed by atoms with E-state index in [1.165, 1.54) is 12.1 Å². The number of rotatable bonds is 3. The summed E-state index contributed by atoms with van der Waals surface area (Å²) in [4.78, 5) is 1.87. The summed E-state index contributed by atoms with van der Waals surface area (Å²) in [6.45, 7) is 0.490. The number of hydrogen-bond acceptors (Lipinski definition) is 2. The topological polar surface area (TPSA) is 29.3 Å². The molecule has 0 fully saturated rings. The second-order valence-electron chi connectivity index (χ2n) is 3.24. The predicted octanol–water partition coefficient (Wildman–Crippen LogP) is 1.86. The normalized spacial score (nSPS) is 10.9. The van der Waals surface area contributed by atoms with Crippen molar-refractivity contribution in [3.8, 4) is 0 Å². The molecule has 0 spiro atoms. The molecular formula is C11H15FN2. The van der Waals surface area contributed by atoms with Gasteiger partial charge >= 0.3 is 0 Å². The highest BCUT2D eigenvalue weighted by molar-refractivity contribution is 5.67. The van der Waals surface area contributed by atoms with E-state index in [0.717, 1.165) is 11.3 Å². The van der Waals surface area contributed by atoms with Crippen LogP contribution in [0, 0.1) is 5.82 Å². The predicted molar refractivity (Wildman–Crippen MR) is 58.8 cm³/mol. The van der Waals surface area contributed by atoms with E-state index in [4.69, 9.17) is 5.73 Å². The van der Waals surface area contributed by atoms with Crippen LogP contribution in [0.4, 0.5) is 10.1 Å². The highest BCUT2D eigenvalue weighted by Gasteiger charge is 2.02. The number of nitrogens with two attached hydrogens (primary N) is 1. The minimum Gasteiger partial charge on any atom is -0.377 e. The van der Waals surface area contributed by atoms with Gasteiger partial charge in [-0.05, 0) is 17.7 Å². The minimum absolute atomic E-state index is 0.224. The van der Waals surface area contributed by atoms with E-state index in [-0.39, 0.29) is 5.82 Å². The smallest absolute Gasteiger partial charge is 0.125 e. The third-order valence-corrected chi connectivity index (χ3v) is 1.91. The van der Waals surface area contributed by atoms with Crippen LogP contribution in [-0.4, -0.2) is 20.6 Å². The van der Waals surface area contributed by atoms with Crippen LogP contribution in [0.3, 0.4) is 0 Å². The van der Waals surface area contributed by atoms with Gasteiger partial charge < -0.3 is 10.6 Å². The third kappa shape index (κ3) is 2.57. The summed E-state index contributed by atoms with van der Waals surface area (Å²) >= 11 is 0. The highest BCUT2D eigenvalue weighted by Crippen LogP contribution is 2.20. The monoisotopic (exact) mass is 194 g/mol. The molecule has 0 saturated heterocycles. The number of nitrogens with zero attached hydrogens (tertiary/aromatic N) is 1. The van der Waals surface area contributed by atoms with Crippen LogP contribution in [0.5, 0.6) is 0 Å². The van der Waals surface area contributed by atoms with Crippen molar-refractivity contribution in [2.75, 3.05) is 25.5 Å². The highest BCUT2D eigenvalue weighted by atomic mass is 19.1. The lowest BCUT2D eigenvalue weighted by Crippen LogP contribution is -2.10. The molecule has 0 unspecified atom stereocenters. The third-order valence-electron chi connectivity index (χ3n) is 1.91. The van der Waals surface area contributed by atoms with E-state index in [9.17, 15) is 4.39 Å². The Kier molecular flexibility index (Phi) is 3.65. The second-order valence-corrected chi connectivity index (χ2v) is 3.24. The summed E-state index contributed by atoms with van der Waals surface area (Å²) in [5.74, 6) is -0.224. The molecule has 3 heteroatoms. The Balaban J connectivity index is 3.08. The van der Waals surface area contributed by atoms with Crippen molar-refractivity contribution < 1.29 is 4.39 Å². The minimum atomic E-state index is -0.224. The lowest BCUT2D eigenvalue weighted by molar-refractivity contribution is 0.627. The first-order valence-electron chi connectivity index (χ1n) is 4.48. The van der Waals surface area contributed by atoms with Gasteiger partial charge in [0.1, 0.15) is 5.82 Å². The van der Waals surface area contributed by atoms with Crippen LogP contribution in [0.2, 0.25) is 0 Å². The summed E-state index contributed by atoms with van der Waals surface area (Å²) in [5.41, 5.74) is 7.19. The van der Waals surface area contributed by atoms with Crippen molar-refractivity contribution in [1.82, 2.24) is 0 Å². The molecule has 0 saturated carbocycles. The number of benzene rings is 1. The SMILES string of the molecule is CN(C)c1cc(F)ccc1/C=C/CN. The maximum atomic E-state index is 13.0. The van der Waals surface area contributed by atoms with E-state index in [1.807, 2.05) is 31.1 Å². The average Bonchev–Trinajstić information content (AvgIpc) is 2.15. The molecule has 0 radical (unpaired) electrons. The van der Waals surface area contributed by atoms with Gasteiger partial charge in [0.2, 0.25) is 0 Å². The van der Waals surface area contributed by atoms with Gasteiger partial charge in [0.25, 0.3) is 0 Å². The van der Waals surface area contributed by atoms with E-state index in [2.05, 4.69) is 0 Å². The molecule has 0 aliphatic rings. The van der Waals surface area contributed by atoms with Crippen LogP contribution in [-0.2, 0) is 0 Å². The van der Waals surface area contributed by atoms with Crippen molar-refractivity contribution in [3.05, 3.63) is 35.7 Å². The van der Waals surface area contributed by atoms with Crippen LogP contribution < -0.4 is 10.6 Å². The van der Waals surface area contributed by atoms with Gasteiger partial charge in [-0.25, -0.2) is 4.39 Å². The Hall–Kier alpha value is -1.35. The van der Waals surface area contributed by atoms with Gasteiger partial charge in [0.05, 0.1) is 0 Å². The molecule has 0 heterocycles. The number of hydrogen-bond donors (Lipinski definition) is 1. The van der Waals surface area contributed by atoms with Gasteiger partial charge in [-0.2, -0.15) is 0 Å². The molecule has 0 amide bonds. The van der Waals surface area contributed by atoms with Gasteiger partial charge in [-0.1, -0.05) is 18.2 Å². The quantitative estimate of drug-likeness (QED) is 0.795. The molecule has 1 aromatic rings. The zero-order valence-corrected chi connectivity index (χ0v) is 8.50. The summed E-state index contributed by atoms with van der Waals surface area (Å²) in [7, 11) is 3.77. The molecule has 0 aliphatic heterocycles. The second kappa shape index (κ2) is 4.77. The molecule has 14 heavy (non-hydrogen) atoms. The largest absolute Gasteiger partial charge is 0.377 e. The molecule has 76 valence electrons. The average molecular weight is 194 g/mol. The van der Waals surface area contributed by atoms with Crippen LogP contribution in [0.15, 0.2) is 24.3 Å². The lowest BCUT2D eigenvalue weighted by Gasteiger charge is -2.15. The van der Waals surface area contributed by atoms with Gasteiger partial charge in [-0.15, -0.1) is 0 Å². The Morgan fingerprint density at radius 1 is 1.43 bits per heavy atom. The van der Waals surface area contributed by atoms with E-state index in [1.54, 1.807) is 6.07 Å². The fourth-order valence-corrected chi connectivity index (χ4v) is 1.24.